The van der Waals surface area contributed by atoms with Gasteiger partial charge in [-0.25, -0.2) is 0 Å². The topological polar surface area (TPSA) is 24.7 Å². The van der Waals surface area contributed by atoms with Crippen molar-refractivity contribution in [1.29, 1.82) is 0 Å². The molecule has 0 atom stereocenters. The molecule has 0 bridgehead atoms. The summed E-state index contributed by atoms with van der Waals surface area (Å²) in [6.45, 7) is 13.8. The minimum Gasteiger partial charge on any atom is -0.252 e. The number of benzene rings is 2. The first-order valence-corrected chi connectivity index (χ1v) is 27.5. The standard InChI is InChI=1S/C59H102N2.Ni/c1-7-13-15-17-19-20-21-22-23-24-25-26-27-28-29-30-31-32-33-34-35-37-39-45-59(61-57-49-47-53(41-10-4)55(51-57)43-12-6)58(44-38-36-18-16-14-8-2)60-56-48-46-52(40-9-3)54(50-56)42-11-5;/h46-51H,7-45H2,1-6H3;. The Morgan fingerprint density at radius 3 is 0.790 bits per heavy atom. The van der Waals surface area contributed by atoms with Gasteiger partial charge in [0.05, 0.1) is 22.8 Å². The second kappa shape index (κ2) is 41.9. The van der Waals surface area contributed by atoms with Crippen molar-refractivity contribution in [2.24, 2.45) is 9.98 Å². The van der Waals surface area contributed by atoms with Crippen LogP contribution in [-0.4, -0.2) is 11.4 Å². The van der Waals surface area contributed by atoms with Crippen LogP contribution in [0.4, 0.5) is 11.4 Å². The maximum absolute atomic E-state index is 5.55. The minimum absolute atomic E-state index is 0. The van der Waals surface area contributed by atoms with Crippen LogP contribution in [0.15, 0.2) is 46.4 Å². The summed E-state index contributed by atoms with van der Waals surface area (Å²) in [4.78, 5) is 11.1. The molecular weight excluding hydrogens is 795 g/mol. The van der Waals surface area contributed by atoms with E-state index in [1.165, 1.54) is 246 Å². The van der Waals surface area contributed by atoms with E-state index in [0.29, 0.717) is 0 Å². The molecule has 2 aromatic rings. The molecule has 3 heteroatoms. The van der Waals surface area contributed by atoms with Crippen LogP contribution >= 0.6 is 0 Å². The van der Waals surface area contributed by atoms with Gasteiger partial charge in [-0.3, -0.25) is 9.98 Å². The van der Waals surface area contributed by atoms with Gasteiger partial charge in [0.1, 0.15) is 0 Å². The van der Waals surface area contributed by atoms with Gasteiger partial charge in [-0.05, 0) is 97.9 Å². The van der Waals surface area contributed by atoms with E-state index in [4.69, 9.17) is 9.98 Å². The molecule has 0 aliphatic rings. The summed E-state index contributed by atoms with van der Waals surface area (Å²) >= 11 is 0. The molecule has 0 amide bonds. The van der Waals surface area contributed by atoms with Gasteiger partial charge in [-0.15, -0.1) is 0 Å². The zero-order valence-electron chi connectivity index (χ0n) is 42.3. The predicted molar refractivity (Wildman–Crippen MR) is 278 cm³/mol. The number of unbranched alkanes of at least 4 members (excludes halogenated alkanes) is 27. The smallest absolute Gasteiger partial charge is 0.0636 e. The summed E-state index contributed by atoms with van der Waals surface area (Å²) in [5, 5.41) is 0. The van der Waals surface area contributed by atoms with E-state index in [2.05, 4.69) is 77.9 Å². The quantitative estimate of drug-likeness (QED) is 0.0360. The van der Waals surface area contributed by atoms with Crippen molar-refractivity contribution >= 4 is 22.8 Å². The average molecular weight is 898 g/mol. The maximum atomic E-state index is 5.55. The first-order valence-electron chi connectivity index (χ1n) is 27.5. The summed E-state index contributed by atoms with van der Waals surface area (Å²) in [5.41, 5.74) is 10.8. The normalized spacial score (nSPS) is 12.0. The SMILES string of the molecule is CCCCCCCCCCCCCCCCCCCCCCCCCC(=Nc1ccc(CCC)c(CCC)c1)C(CCCCCCCC)=Nc1ccc(CCC)c(CCC)c1.[Ni]. The van der Waals surface area contributed by atoms with Crippen molar-refractivity contribution in [3.8, 4) is 0 Å². The molecule has 0 N–H and O–H groups in total. The second-order valence-corrected chi connectivity index (χ2v) is 19.1. The van der Waals surface area contributed by atoms with Crippen molar-refractivity contribution in [3.05, 3.63) is 58.7 Å². The van der Waals surface area contributed by atoms with Crippen LogP contribution in [0, 0.1) is 0 Å². The molecule has 2 nitrogen and oxygen atoms in total. The van der Waals surface area contributed by atoms with Crippen molar-refractivity contribution in [3.63, 3.8) is 0 Å². The first-order chi connectivity index (χ1) is 30.1. The van der Waals surface area contributed by atoms with E-state index in [1.54, 1.807) is 0 Å². The number of hydrogen-bond donors (Lipinski definition) is 0. The van der Waals surface area contributed by atoms with E-state index < -0.39 is 0 Å². The Balaban J connectivity index is 0.0000192. The molecule has 0 fully saturated rings. The maximum Gasteiger partial charge on any atom is 0.0636 e. The zero-order chi connectivity index (χ0) is 43.9. The largest absolute Gasteiger partial charge is 0.252 e. The Kier molecular flexibility index (Phi) is 39.4. The second-order valence-electron chi connectivity index (χ2n) is 19.1. The molecule has 0 spiro atoms. The van der Waals surface area contributed by atoms with Crippen molar-refractivity contribution in [2.75, 3.05) is 0 Å². The molecule has 0 radical (unpaired) electrons. The molecule has 0 heterocycles. The van der Waals surface area contributed by atoms with E-state index in [9.17, 15) is 0 Å². The Morgan fingerprint density at radius 2 is 0.532 bits per heavy atom. The van der Waals surface area contributed by atoms with Gasteiger partial charge in [0.25, 0.3) is 0 Å². The summed E-state index contributed by atoms with van der Waals surface area (Å²) in [6, 6.07) is 14.2. The molecule has 358 valence electrons. The summed E-state index contributed by atoms with van der Waals surface area (Å²) in [7, 11) is 0. The molecule has 2 aromatic carbocycles. The first kappa shape index (κ1) is 58.3. The van der Waals surface area contributed by atoms with Crippen LogP contribution in [0.3, 0.4) is 0 Å². The predicted octanol–water partition coefficient (Wildman–Crippen LogP) is 20.5. The number of aliphatic imine (C=N–C) groups is 2. The molecular formula is C59H102N2Ni. The number of rotatable bonds is 42. The molecule has 0 aromatic heterocycles. The van der Waals surface area contributed by atoms with E-state index in [1.807, 2.05) is 0 Å². The van der Waals surface area contributed by atoms with E-state index >= 15 is 0 Å². The van der Waals surface area contributed by atoms with Crippen LogP contribution in [0.2, 0.25) is 0 Å². The Morgan fingerprint density at radius 1 is 0.290 bits per heavy atom. The summed E-state index contributed by atoms with van der Waals surface area (Å²) < 4.78 is 0. The Hall–Kier alpha value is -1.73. The fraction of sp³-hybridized carbons (Fsp3) is 0.763. The van der Waals surface area contributed by atoms with Gasteiger partial charge in [0.15, 0.2) is 0 Å². The molecule has 0 aliphatic carbocycles. The van der Waals surface area contributed by atoms with Gasteiger partial charge in [-0.1, -0.05) is 253 Å². The van der Waals surface area contributed by atoms with Crippen molar-refractivity contribution in [2.45, 2.75) is 292 Å². The Labute approximate surface area is 397 Å². The van der Waals surface area contributed by atoms with E-state index in [0.717, 1.165) is 49.9 Å². The third-order valence-electron chi connectivity index (χ3n) is 13.1. The monoisotopic (exact) mass is 897 g/mol. The van der Waals surface area contributed by atoms with E-state index in [-0.39, 0.29) is 16.5 Å². The molecule has 2 rings (SSSR count). The van der Waals surface area contributed by atoms with Crippen LogP contribution in [0.5, 0.6) is 0 Å². The molecule has 0 aliphatic heterocycles. The molecule has 0 unspecified atom stereocenters. The van der Waals surface area contributed by atoms with Crippen molar-refractivity contribution < 1.29 is 16.5 Å². The number of hydrogen-bond acceptors (Lipinski definition) is 2. The third kappa shape index (κ3) is 28.9. The van der Waals surface area contributed by atoms with Crippen LogP contribution < -0.4 is 0 Å². The van der Waals surface area contributed by atoms with Gasteiger partial charge >= 0.3 is 0 Å². The zero-order valence-corrected chi connectivity index (χ0v) is 43.2. The number of aryl methyl sites for hydroxylation is 4. The third-order valence-corrected chi connectivity index (χ3v) is 13.1. The van der Waals surface area contributed by atoms with Gasteiger partial charge in [0.2, 0.25) is 0 Å². The van der Waals surface area contributed by atoms with Gasteiger partial charge in [0, 0.05) is 16.5 Å². The van der Waals surface area contributed by atoms with Gasteiger partial charge in [-0.2, -0.15) is 0 Å². The minimum atomic E-state index is 0. The summed E-state index contributed by atoms with van der Waals surface area (Å²) in [5.74, 6) is 0. The van der Waals surface area contributed by atoms with Gasteiger partial charge < -0.3 is 0 Å². The number of nitrogens with zero attached hydrogens (tertiary/aromatic N) is 2. The summed E-state index contributed by atoms with van der Waals surface area (Å²) in [6.07, 6.45) is 52.0. The van der Waals surface area contributed by atoms with Crippen LogP contribution in [0.1, 0.15) is 289 Å². The average Bonchev–Trinajstić information content (AvgIpc) is 3.26. The fourth-order valence-electron chi connectivity index (χ4n) is 9.39. The molecule has 62 heavy (non-hydrogen) atoms. The fourth-order valence-corrected chi connectivity index (χ4v) is 9.39. The Bertz CT molecular complexity index is 1370. The molecule has 0 saturated carbocycles. The van der Waals surface area contributed by atoms with Crippen molar-refractivity contribution in [1.82, 2.24) is 0 Å². The van der Waals surface area contributed by atoms with Crippen LogP contribution in [0.25, 0.3) is 0 Å². The molecule has 0 saturated heterocycles. The van der Waals surface area contributed by atoms with Crippen LogP contribution in [-0.2, 0) is 42.2 Å².